The first-order valence-electron chi connectivity index (χ1n) is 3.84. The molecule has 0 fully saturated rings. The molecule has 0 rings (SSSR count). The fourth-order valence-electron chi connectivity index (χ4n) is 1.05. The van der Waals surface area contributed by atoms with E-state index in [0.29, 0.717) is 0 Å². The van der Waals surface area contributed by atoms with Crippen LogP contribution in [0, 0.1) is 5.92 Å². The quantitative estimate of drug-likeness (QED) is 0.528. The monoisotopic (exact) mass is 146 g/mol. The highest BCUT2D eigenvalue weighted by Crippen LogP contribution is 2.09. The van der Waals surface area contributed by atoms with Crippen molar-refractivity contribution >= 4 is 10.5 Å². The van der Waals surface area contributed by atoms with Crippen LogP contribution in [-0.4, -0.2) is 17.1 Å². The summed E-state index contributed by atoms with van der Waals surface area (Å²) in [6, 6.07) is 0. The van der Waals surface area contributed by atoms with Crippen molar-refractivity contribution < 1.29 is 4.43 Å². The Morgan fingerprint density at radius 1 is 1.44 bits per heavy atom. The van der Waals surface area contributed by atoms with Crippen molar-refractivity contribution in [2.24, 2.45) is 5.92 Å². The van der Waals surface area contributed by atoms with E-state index in [9.17, 15) is 0 Å². The molecule has 9 heavy (non-hydrogen) atoms. The lowest BCUT2D eigenvalue weighted by atomic mass is 10.0. The Morgan fingerprint density at radius 2 is 2.11 bits per heavy atom. The molecule has 0 aliphatic rings. The molecular weight excluding hydrogens is 128 g/mol. The Morgan fingerprint density at radius 3 is 2.44 bits per heavy atom. The third-order valence-electron chi connectivity index (χ3n) is 1.68. The lowest BCUT2D eigenvalue weighted by Gasteiger charge is -2.11. The van der Waals surface area contributed by atoms with Gasteiger partial charge in [-0.25, -0.2) is 0 Å². The standard InChI is InChI=1S/C7H18OSi/c1-3-5-7(4-2)6-8-9/h7H,3-6H2,1-2,9H3. The minimum absolute atomic E-state index is 0.826. The highest BCUT2D eigenvalue weighted by atomic mass is 28.2. The first-order valence-corrected chi connectivity index (χ1v) is 4.65. The maximum atomic E-state index is 5.19. The maximum absolute atomic E-state index is 5.19. The van der Waals surface area contributed by atoms with Gasteiger partial charge in [0.2, 0.25) is 0 Å². The number of hydrogen-bond donors (Lipinski definition) is 0. The van der Waals surface area contributed by atoms with Crippen LogP contribution in [-0.2, 0) is 4.43 Å². The Hall–Kier alpha value is 0.177. The van der Waals surface area contributed by atoms with Crippen LogP contribution in [0.1, 0.15) is 33.1 Å². The summed E-state index contributed by atoms with van der Waals surface area (Å²) < 4.78 is 5.19. The smallest absolute Gasteiger partial charge is 0.145 e. The molecule has 0 aromatic rings. The van der Waals surface area contributed by atoms with Gasteiger partial charge in [0, 0.05) is 6.61 Å². The van der Waals surface area contributed by atoms with Gasteiger partial charge in [-0.2, -0.15) is 0 Å². The Balaban J connectivity index is 3.18. The van der Waals surface area contributed by atoms with Gasteiger partial charge in [0.1, 0.15) is 10.5 Å². The van der Waals surface area contributed by atoms with Gasteiger partial charge in [-0.15, -0.1) is 0 Å². The van der Waals surface area contributed by atoms with Gasteiger partial charge in [0.15, 0.2) is 0 Å². The summed E-state index contributed by atoms with van der Waals surface area (Å²) in [5, 5.41) is 0. The summed E-state index contributed by atoms with van der Waals surface area (Å²) in [5.74, 6) is 0.826. The van der Waals surface area contributed by atoms with Crippen LogP contribution in [0.15, 0.2) is 0 Å². The van der Waals surface area contributed by atoms with Crippen molar-refractivity contribution in [2.75, 3.05) is 6.61 Å². The molecule has 0 aliphatic heterocycles. The van der Waals surface area contributed by atoms with Crippen molar-refractivity contribution in [2.45, 2.75) is 33.1 Å². The summed E-state index contributed by atoms with van der Waals surface area (Å²) in [6.07, 6.45) is 3.90. The van der Waals surface area contributed by atoms with E-state index in [2.05, 4.69) is 13.8 Å². The Labute approximate surface area is 61.3 Å². The molecule has 0 saturated heterocycles. The van der Waals surface area contributed by atoms with Gasteiger partial charge in [-0.3, -0.25) is 0 Å². The number of hydrogen-bond acceptors (Lipinski definition) is 1. The van der Waals surface area contributed by atoms with Crippen LogP contribution in [0.5, 0.6) is 0 Å². The molecule has 1 nitrogen and oxygen atoms in total. The molecule has 0 aliphatic carbocycles. The highest BCUT2D eigenvalue weighted by Gasteiger charge is 2.01. The van der Waals surface area contributed by atoms with Gasteiger partial charge in [-0.05, 0) is 12.3 Å². The molecule has 56 valence electrons. The van der Waals surface area contributed by atoms with E-state index in [1.807, 2.05) is 0 Å². The zero-order valence-electron chi connectivity index (χ0n) is 6.81. The van der Waals surface area contributed by atoms with Crippen LogP contribution in [0.3, 0.4) is 0 Å². The van der Waals surface area contributed by atoms with E-state index < -0.39 is 0 Å². The van der Waals surface area contributed by atoms with Crippen molar-refractivity contribution in [1.29, 1.82) is 0 Å². The molecule has 0 bridgehead atoms. The first kappa shape index (κ1) is 9.18. The molecule has 1 atom stereocenters. The average molecular weight is 146 g/mol. The van der Waals surface area contributed by atoms with Gasteiger partial charge in [-0.1, -0.05) is 26.7 Å². The minimum Gasteiger partial charge on any atom is -0.428 e. The van der Waals surface area contributed by atoms with E-state index in [1.54, 1.807) is 0 Å². The number of rotatable bonds is 5. The molecule has 0 radical (unpaired) electrons. The Kier molecular flexibility index (Phi) is 6.42. The molecule has 2 heteroatoms. The fraction of sp³-hybridized carbons (Fsp3) is 1.00. The van der Waals surface area contributed by atoms with Crippen molar-refractivity contribution in [3.8, 4) is 0 Å². The molecule has 0 aromatic heterocycles. The second kappa shape index (κ2) is 6.30. The third-order valence-corrected chi connectivity index (χ3v) is 2.01. The largest absolute Gasteiger partial charge is 0.428 e. The predicted octanol–water partition coefficient (Wildman–Crippen LogP) is 1.11. The van der Waals surface area contributed by atoms with Gasteiger partial charge < -0.3 is 4.43 Å². The van der Waals surface area contributed by atoms with Gasteiger partial charge >= 0.3 is 0 Å². The van der Waals surface area contributed by atoms with E-state index in [4.69, 9.17) is 4.43 Å². The average Bonchev–Trinajstić information content (AvgIpc) is 1.88. The molecule has 1 unspecified atom stereocenters. The van der Waals surface area contributed by atoms with Crippen LogP contribution in [0.25, 0.3) is 0 Å². The van der Waals surface area contributed by atoms with E-state index in [1.165, 1.54) is 19.3 Å². The minimum atomic E-state index is 0.826. The summed E-state index contributed by atoms with van der Waals surface area (Å²) in [4.78, 5) is 0. The molecule has 0 saturated carbocycles. The van der Waals surface area contributed by atoms with Gasteiger partial charge in [0.05, 0.1) is 0 Å². The zero-order valence-corrected chi connectivity index (χ0v) is 8.81. The van der Waals surface area contributed by atoms with Crippen LogP contribution < -0.4 is 0 Å². The highest BCUT2D eigenvalue weighted by molar-refractivity contribution is 5.97. The van der Waals surface area contributed by atoms with Crippen LogP contribution >= 0.6 is 0 Å². The molecule has 0 aromatic carbocycles. The normalized spacial score (nSPS) is 14.0. The second-order valence-electron chi connectivity index (χ2n) is 2.52. The van der Waals surface area contributed by atoms with E-state index >= 15 is 0 Å². The second-order valence-corrected chi connectivity index (χ2v) is 3.10. The lowest BCUT2D eigenvalue weighted by Crippen LogP contribution is -2.06. The summed E-state index contributed by atoms with van der Waals surface area (Å²) >= 11 is 0. The zero-order chi connectivity index (χ0) is 7.11. The van der Waals surface area contributed by atoms with E-state index in [0.717, 1.165) is 23.0 Å². The third kappa shape index (κ3) is 4.67. The molecule has 0 spiro atoms. The van der Waals surface area contributed by atoms with E-state index in [-0.39, 0.29) is 0 Å². The van der Waals surface area contributed by atoms with Crippen LogP contribution in [0.2, 0.25) is 0 Å². The van der Waals surface area contributed by atoms with Crippen molar-refractivity contribution in [3.05, 3.63) is 0 Å². The topological polar surface area (TPSA) is 9.23 Å². The first-order chi connectivity index (χ1) is 4.35. The summed E-state index contributed by atoms with van der Waals surface area (Å²) in [5.41, 5.74) is 0. The fourth-order valence-corrected chi connectivity index (χ4v) is 1.52. The summed E-state index contributed by atoms with van der Waals surface area (Å²) in [7, 11) is 0.899. The molecule has 0 N–H and O–H groups in total. The Bertz CT molecular complexity index is 50.9. The molecular formula is C7H18OSi. The molecule has 0 heterocycles. The SMILES string of the molecule is CCCC(CC)CO[SiH3]. The molecule has 0 amide bonds. The van der Waals surface area contributed by atoms with Crippen LogP contribution in [0.4, 0.5) is 0 Å². The maximum Gasteiger partial charge on any atom is 0.145 e. The van der Waals surface area contributed by atoms with Gasteiger partial charge in [0.25, 0.3) is 0 Å². The predicted molar refractivity (Wildman–Crippen MR) is 44.6 cm³/mol. The summed E-state index contributed by atoms with van der Waals surface area (Å²) in [6.45, 7) is 5.47. The lowest BCUT2D eigenvalue weighted by molar-refractivity contribution is 0.253. The van der Waals surface area contributed by atoms with Crippen molar-refractivity contribution in [1.82, 2.24) is 0 Å². The van der Waals surface area contributed by atoms with Crippen molar-refractivity contribution in [3.63, 3.8) is 0 Å².